The lowest BCUT2D eigenvalue weighted by atomic mass is 9.95. The predicted molar refractivity (Wildman–Crippen MR) is 106 cm³/mol. The summed E-state index contributed by atoms with van der Waals surface area (Å²) in [5.74, 6) is -0.138. The average molecular weight is 366 g/mol. The molecule has 4 rings (SSSR count). The van der Waals surface area contributed by atoms with Gasteiger partial charge in [0.2, 0.25) is 0 Å². The van der Waals surface area contributed by atoms with E-state index >= 15 is 0 Å². The van der Waals surface area contributed by atoms with Crippen LogP contribution in [0.5, 0.6) is 0 Å². The third-order valence-electron chi connectivity index (χ3n) is 4.84. The molecule has 0 spiro atoms. The Morgan fingerprint density at radius 2 is 2.04 bits per heavy atom. The van der Waals surface area contributed by atoms with Crippen LogP contribution in [-0.2, 0) is 13.0 Å². The van der Waals surface area contributed by atoms with Crippen molar-refractivity contribution in [2.24, 2.45) is 0 Å². The van der Waals surface area contributed by atoms with E-state index in [0.29, 0.717) is 16.3 Å². The van der Waals surface area contributed by atoms with Gasteiger partial charge < -0.3 is 10.2 Å². The quantitative estimate of drug-likeness (QED) is 0.730. The van der Waals surface area contributed by atoms with E-state index in [0.717, 1.165) is 47.2 Å². The highest BCUT2D eigenvalue weighted by molar-refractivity contribution is 6.34. The number of benzene rings is 2. The number of rotatable bonds is 2. The molecule has 1 aliphatic rings. The molecular formula is C21H20ClN3O. The number of amides is 1. The first-order valence-corrected chi connectivity index (χ1v) is 9.07. The molecule has 0 aliphatic carbocycles. The van der Waals surface area contributed by atoms with Crippen LogP contribution in [0.2, 0.25) is 5.02 Å². The number of nitrogens with one attached hydrogen (secondary N) is 1. The molecule has 0 atom stereocenters. The third kappa shape index (κ3) is 3.06. The molecule has 5 heteroatoms. The predicted octanol–water partition coefficient (Wildman–Crippen LogP) is 4.44. The van der Waals surface area contributed by atoms with Crippen LogP contribution in [0, 0.1) is 6.92 Å². The molecule has 1 aliphatic heterocycles. The van der Waals surface area contributed by atoms with Crippen LogP contribution in [0.1, 0.15) is 27.2 Å². The molecule has 0 radical (unpaired) electrons. The fourth-order valence-corrected chi connectivity index (χ4v) is 3.77. The van der Waals surface area contributed by atoms with Gasteiger partial charge in [0.05, 0.1) is 21.8 Å². The number of hydrogen-bond donors (Lipinski definition) is 1. The highest BCUT2D eigenvalue weighted by Crippen LogP contribution is 2.30. The number of fused-ring (bicyclic) bond motifs is 2. The van der Waals surface area contributed by atoms with Gasteiger partial charge in [0.1, 0.15) is 0 Å². The van der Waals surface area contributed by atoms with Crippen LogP contribution in [-0.4, -0.2) is 29.4 Å². The Morgan fingerprint density at radius 3 is 2.85 bits per heavy atom. The number of nitrogens with zero attached hydrogens (tertiary/aromatic N) is 2. The van der Waals surface area contributed by atoms with Gasteiger partial charge in [-0.1, -0.05) is 35.9 Å². The molecule has 1 N–H and O–H groups in total. The molecule has 2 aromatic carbocycles. The minimum Gasteiger partial charge on any atom is -0.321 e. The van der Waals surface area contributed by atoms with Crippen LogP contribution in [0.25, 0.3) is 10.9 Å². The van der Waals surface area contributed by atoms with Crippen molar-refractivity contribution in [1.29, 1.82) is 0 Å². The van der Waals surface area contributed by atoms with E-state index in [2.05, 4.69) is 17.3 Å². The number of carbonyl (C=O) groups is 1. The zero-order chi connectivity index (χ0) is 18.3. The fraction of sp³-hybridized carbons (Fsp3) is 0.238. The second-order valence-corrected chi connectivity index (χ2v) is 7.26. The number of para-hydroxylation sites is 1. The van der Waals surface area contributed by atoms with Crippen molar-refractivity contribution >= 4 is 34.1 Å². The fourth-order valence-electron chi connectivity index (χ4n) is 3.49. The van der Waals surface area contributed by atoms with Gasteiger partial charge in [0, 0.05) is 36.2 Å². The van der Waals surface area contributed by atoms with E-state index in [1.807, 2.05) is 49.4 Å². The Bertz CT molecular complexity index is 1020. The lowest BCUT2D eigenvalue weighted by Crippen LogP contribution is -2.30. The molecular weight excluding hydrogens is 346 g/mol. The second kappa shape index (κ2) is 6.71. The van der Waals surface area contributed by atoms with E-state index in [9.17, 15) is 4.79 Å². The number of pyridine rings is 1. The van der Waals surface area contributed by atoms with Crippen molar-refractivity contribution in [3.05, 3.63) is 69.9 Å². The summed E-state index contributed by atoms with van der Waals surface area (Å²) < 4.78 is 0. The summed E-state index contributed by atoms with van der Waals surface area (Å²) >= 11 is 6.31. The first kappa shape index (κ1) is 17.0. The Labute approximate surface area is 157 Å². The Kier molecular flexibility index (Phi) is 4.39. The van der Waals surface area contributed by atoms with Gasteiger partial charge in [-0.25, -0.2) is 0 Å². The number of likely N-dealkylation sites (N-methyl/N-ethyl adjacent to an activating group) is 1. The Morgan fingerprint density at radius 1 is 1.23 bits per heavy atom. The van der Waals surface area contributed by atoms with Crippen LogP contribution in [0.4, 0.5) is 5.69 Å². The number of halogens is 1. The zero-order valence-electron chi connectivity index (χ0n) is 14.8. The van der Waals surface area contributed by atoms with Crippen molar-refractivity contribution < 1.29 is 4.79 Å². The first-order chi connectivity index (χ1) is 12.5. The minimum atomic E-state index is -0.138. The third-order valence-corrected chi connectivity index (χ3v) is 5.15. The van der Waals surface area contributed by atoms with Crippen molar-refractivity contribution in [3.8, 4) is 0 Å². The largest absolute Gasteiger partial charge is 0.321 e. The van der Waals surface area contributed by atoms with Gasteiger partial charge in [0.15, 0.2) is 0 Å². The van der Waals surface area contributed by atoms with Crippen molar-refractivity contribution in [3.63, 3.8) is 0 Å². The number of hydrogen-bond acceptors (Lipinski definition) is 3. The molecule has 1 aromatic heterocycles. The summed E-state index contributed by atoms with van der Waals surface area (Å²) in [6.07, 6.45) is 0.849. The summed E-state index contributed by atoms with van der Waals surface area (Å²) in [6, 6.07) is 13.5. The first-order valence-electron chi connectivity index (χ1n) is 8.69. The van der Waals surface area contributed by atoms with Crippen LogP contribution in [0.3, 0.4) is 0 Å². The molecule has 0 saturated heterocycles. The van der Waals surface area contributed by atoms with Gasteiger partial charge in [-0.15, -0.1) is 0 Å². The standard InChI is InChI=1S/C21H20ClN3O/c1-13-7-8-19(16(22)11-13)24-21(26)20-14-5-3-4-6-17(14)23-18-9-10-25(2)12-15(18)20/h3-8,11H,9-10,12H2,1-2H3,(H,24,26). The molecule has 26 heavy (non-hydrogen) atoms. The minimum absolute atomic E-state index is 0.138. The molecule has 1 amide bonds. The lowest BCUT2D eigenvalue weighted by Gasteiger charge is -2.27. The normalized spacial score (nSPS) is 14.3. The van der Waals surface area contributed by atoms with Gasteiger partial charge in [-0.3, -0.25) is 9.78 Å². The highest BCUT2D eigenvalue weighted by atomic mass is 35.5. The molecule has 132 valence electrons. The van der Waals surface area contributed by atoms with E-state index in [1.54, 1.807) is 0 Å². The van der Waals surface area contributed by atoms with Gasteiger partial charge in [-0.05, 0) is 37.7 Å². The molecule has 0 saturated carbocycles. The van der Waals surface area contributed by atoms with Crippen LogP contribution < -0.4 is 5.32 Å². The maximum atomic E-state index is 13.2. The van der Waals surface area contributed by atoms with Crippen molar-refractivity contribution in [1.82, 2.24) is 9.88 Å². The Hall–Kier alpha value is -2.43. The smallest absolute Gasteiger partial charge is 0.256 e. The molecule has 2 heterocycles. The summed E-state index contributed by atoms with van der Waals surface area (Å²) in [5, 5.41) is 4.41. The monoisotopic (exact) mass is 365 g/mol. The maximum Gasteiger partial charge on any atom is 0.256 e. The Balaban J connectivity index is 1.84. The summed E-state index contributed by atoms with van der Waals surface area (Å²) in [6.45, 7) is 3.64. The van der Waals surface area contributed by atoms with Gasteiger partial charge in [-0.2, -0.15) is 0 Å². The highest BCUT2D eigenvalue weighted by Gasteiger charge is 2.24. The number of aromatic nitrogens is 1. The van der Waals surface area contributed by atoms with Gasteiger partial charge in [0.25, 0.3) is 5.91 Å². The number of anilines is 1. The summed E-state index contributed by atoms with van der Waals surface area (Å²) in [5.41, 5.74) is 5.27. The van der Waals surface area contributed by atoms with Gasteiger partial charge >= 0.3 is 0 Å². The topological polar surface area (TPSA) is 45.2 Å². The summed E-state index contributed by atoms with van der Waals surface area (Å²) in [7, 11) is 2.07. The van der Waals surface area contributed by atoms with E-state index in [1.165, 1.54) is 0 Å². The molecule has 0 fully saturated rings. The number of aryl methyl sites for hydroxylation is 1. The molecule has 4 nitrogen and oxygen atoms in total. The molecule has 0 bridgehead atoms. The molecule has 0 unspecified atom stereocenters. The second-order valence-electron chi connectivity index (χ2n) is 6.85. The van der Waals surface area contributed by atoms with Crippen molar-refractivity contribution in [2.75, 3.05) is 18.9 Å². The zero-order valence-corrected chi connectivity index (χ0v) is 15.6. The van der Waals surface area contributed by atoms with E-state index in [4.69, 9.17) is 16.6 Å². The van der Waals surface area contributed by atoms with E-state index in [-0.39, 0.29) is 5.91 Å². The van der Waals surface area contributed by atoms with Crippen molar-refractivity contribution in [2.45, 2.75) is 19.9 Å². The van der Waals surface area contributed by atoms with Crippen LogP contribution >= 0.6 is 11.6 Å². The van der Waals surface area contributed by atoms with E-state index < -0.39 is 0 Å². The molecule has 3 aromatic rings. The lowest BCUT2D eigenvalue weighted by molar-refractivity contribution is 0.102. The number of carbonyl (C=O) groups excluding carboxylic acids is 1. The summed E-state index contributed by atoms with van der Waals surface area (Å²) in [4.78, 5) is 20.2. The SMILES string of the molecule is Cc1ccc(NC(=O)c2c3c(nc4ccccc24)CCN(C)C3)c(Cl)c1. The van der Waals surface area contributed by atoms with Crippen LogP contribution in [0.15, 0.2) is 42.5 Å². The maximum absolute atomic E-state index is 13.2. The average Bonchev–Trinajstić information content (AvgIpc) is 2.62.